The van der Waals surface area contributed by atoms with Crippen molar-refractivity contribution >= 4 is 27.5 Å². The molecule has 0 bridgehead atoms. The number of rotatable bonds is 11. The van der Waals surface area contributed by atoms with Gasteiger partial charge in [-0.3, -0.25) is 13.9 Å². The maximum atomic E-state index is 14.5. The first-order valence-corrected chi connectivity index (χ1v) is 13.4. The highest BCUT2D eigenvalue weighted by Crippen LogP contribution is 2.36. The molecule has 2 aromatic carbocycles. The quantitative estimate of drug-likeness (QED) is 0.487. The summed E-state index contributed by atoms with van der Waals surface area (Å²) < 4.78 is 52.1. The number of sulfonamides is 1. The minimum Gasteiger partial charge on any atom is -0.454 e. The Morgan fingerprint density at radius 2 is 1.78 bits per heavy atom. The Balaban J connectivity index is 1.95. The van der Waals surface area contributed by atoms with Crippen molar-refractivity contribution in [2.45, 2.75) is 52.7 Å². The molecule has 2 aromatic rings. The van der Waals surface area contributed by atoms with Gasteiger partial charge in [0.2, 0.25) is 28.6 Å². The number of fused-ring (bicyclic) bond motifs is 1. The van der Waals surface area contributed by atoms with E-state index in [1.54, 1.807) is 12.1 Å². The fraction of sp³-hybridized carbons (Fsp3) is 0.440. The van der Waals surface area contributed by atoms with E-state index >= 15 is 0 Å². The molecule has 0 unspecified atom stereocenters. The third kappa shape index (κ3) is 6.26. The zero-order valence-electron chi connectivity index (χ0n) is 20.9. The molecule has 2 atom stereocenters. The largest absolute Gasteiger partial charge is 0.454 e. The molecule has 1 N–H and O–H groups in total. The van der Waals surface area contributed by atoms with Crippen LogP contribution >= 0.6 is 0 Å². The van der Waals surface area contributed by atoms with Crippen LogP contribution < -0.4 is 19.1 Å². The van der Waals surface area contributed by atoms with Crippen LogP contribution in [-0.4, -0.2) is 56.3 Å². The number of nitrogens with zero attached hydrogens (tertiary/aromatic N) is 2. The SMILES string of the molecule is CC[C@@H](C)NC(=O)[C@H](C)N(Cc1ccccc1F)C(=O)CN(c1ccc2c(c1)OCO2)S(=O)(=O)CC. The normalized spacial score (nSPS) is 14.1. The van der Waals surface area contributed by atoms with E-state index in [2.05, 4.69) is 5.32 Å². The summed E-state index contributed by atoms with van der Waals surface area (Å²) in [6.07, 6.45) is 0.687. The van der Waals surface area contributed by atoms with Crippen LogP contribution in [0.4, 0.5) is 10.1 Å². The van der Waals surface area contributed by atoms with Crippen molar-refractivity contribution in [3.8, 4) is 11.5 Å². The number of anilines is 1. The van der Waals surface area contributed by atoms with E-state index in [1.807, 2.05) is 13.8 Å². The van der Waals surface area contributed by atoms with Gasteiger partial charge in [0.1, 0.15) is 18.4 Å². The average molecular weight is 522 g/mol. The number of nitrogens with one attached hydrogen (secondary N) is 1. The highest BCUT2D eigenvalue weighted by molar-refractivity contribution is 7.92. The number of carbonyl (C=O) groups excluding carboxylic acids is 2. The second kappa shape index (κ2) is 11.6. The molecular formula is C25H32FN3O6S. The molecule has 3 rings (SSSR count). The predicted molar refractivity (Wildman–Crippen MR) is 134 cm³/mol. The molecule has 0 aliphatic carbocycles. The number of ether oxygens (including phenoxy) is 2. The summed E-state index contributed by atoms with van der Waals surface area (Å²) in [5, 5.41) is 2.83. The van der Waals surface area contributed by atoms with Crippen molar-refractivity contribution in [3.63, 3.8) is 0 Å². The summed E-state index contributed by atoms with van der Waals surface area (Å²) in [6.45, 7) is 5.98. The van der Waals surface area contributed by atoms with E-state index in [0.717, 1.165) is 4.31 Å². The van der Waals surface area contributed by atoms with E-state index in [0.29, 0.717) is 17.9 Å². The molecule has 9 nitrogen and oxygen atoms in total. The van der Waals surface area contributed by atoms with Gasteiger partial charge in [-0.2, -0.15) is 0 Å². The molecule has 0 aromatic heterocycles. The van der Waals surface area contributed by atoms with Crippen LogP contribution in [0, 0.1) is 5.82 Å². The summed E-state index contributed by atoms with van der Waals surface area (Å²) in [7, 11) is -3.89. The van der Waals surface area contributed by atoms with E-state index in [4.69, 9.17) is 9.47 Å². The second-order valence-electron chi connectivity index (χ2n) is 8.55. The second-order valence-corrected chi connectivity index (χ2v) is 10.7. The number of amides is 2. The molecule has 0 fully saturated rings. The first kappa shape index (κ1) is 27.3. The Kier molecular flexibility index (Phi) is 8.78. The van der Waals surface area contributed by atoms with Gasteiger partial charge in [0.05, 0.1) is 11.4 Å². The first-order valence-electron chi connectivity index (χ1n) is 11.8. The number of hydrogen-bond donors (Lipinski definition) is 1. The van der Waals surface area contributed by atoms with Crippen molar-refractivity contribution in [3.05, 3.63) is 53.8 Å². The maximum Gasteiger partial charge on any atom is 0.244 e. The van der Waals surface area contributed by atoms with Gasteiger partial charge in [-0.25, -0.2) is 12.8 Å². The van der Waals surface area contributed by atoms with Gasteiger partial charge in [-0.1, -0.05) is 25.1 Å². The van der Waals surface area contributed by atoms with Crippen LogP contribution in [-0.2, 0) is 26.2 Å². The lowest BCUT2D eigenvalue weighted by atomic mass is 10.1. The Morgan fingerprint density at radius 1 is 1.08 bits per heavy atom. The molecule has 1 heterocycles. The fourth-order valence-corrected chi connectivity index (χ4v) is 4.67. The lowest BCUT2D eigenvalue weighted by Gasteiger charge is -2.32. The van der Waals surface area contributed by atoms with Gasteiger partial charge in [-0.05, 0) is 45.4 Å². The molecule has 1 aliphatic rings. The highest BCUT2D eigenvalue weighted by atomic mass is 32.2. The topological polar surface area (TPSA) is 105 Å². The molecule has 0 saturated heterocycles. The molecule has 0 spiro atoms. The zero-order chi connectivity index (χ0) is 26.5. The van der Waals surface area contributed by atoms with Crippen molar-refractivity contribution in [2.75, 3.05) is 23.4 Å². The lowest BCUT2D eigenvalue weighted by Crippen LogP contribution is -2.52. The molecule has 196 valence electrons. The molecule has 0 saturated carbocycles. The van der Waals surface area contributed by atoms with Gasteiger partial charge in [0.15, 0.2) is 11.5 Å². The molecule has 1 aliphatic heterocycles. The van der Waals surface area contributed by atoms with Crippen molar-refractivity contribution < 1.29 is 31.9 Å². The summed E-state index contributed by atoms with van der Waals surface area (Å²) in [4.78, 5) is 27.7. The number of benzene rings is 2. The molecule has 2 amide bonds. The van der Waals surface area contributed by atoms with Gasteiger partial charge >= 0.3 is 0 Å². The molecule has 36 heavy (non-hydrogen) atoms. The van der Waals surface area contributed by atoms with E-state index < -0.39 is 40.2 Å². The van der Waals surface area contributed by atoms with Crippen LogP contribution in [0.3, 0.4) is 0 Å². The third-order valence-corrected chi connectivity index (χ3v) is 7.83. The molecular weight excluding hydrogens is 489 g/mol. The van der Waals surface area contributed by atoms with E-state index in [-0.39, 0.29) is 36.4 Å². The maximum absolute atomic E-state index is 14.5. The van der Waals surface area contributed by atoms with Crippen LogP contribution in [0.15, 0.2) is 42.5 Å². The lowest BCUT2D eigenvalue weighted by molar-refractivity contribution is -0.139. The highest BCUT2D eigenvalue weighted by Gasteiger charge is 2.32. The molecule has 0 radical (unpaired) electrons. The summed E-state index contributed by atoms with van der Waals surface area (Å²) in [5.74, 6) is -1.02. The minimum atomic E-state index is -3.89. The first-order chi connectivity index (χ1) is 17.1. The smallest absolute Gasteiger partial charge is 0.244 e. The monoisotopic (exact) mass is 521 g/mol. The van der Waals surface area contributed by atoms with Gasteiger partial charge in [0, 0.05) is 24.2 Å². The summed E-state index contributed by atoms with van der Waals surface area (Å²) in [6, 6.07) is 9.42. The Hall–Kier alpha value is -3.34. The molecule has 11 heteroatoms. The number of hydrogen-bond acceptors (Lipinski definition) is 6. The van der Waals surface area contributed by atoms with Gasteiger partial charge < -0.3 is 19.7 Å². The van der Waals surface area contributed by atoms with Crippen LogP contribution in [0.25, 0.3) is 0 Å². The third-order valence-electron chi connectivity index (χ3n) is 6.09. The van der Waals surface area contributed by atoms with Crippen LogP contribution in [0.5, 0.6) is 11.5 Å². The van der Waals surface area contributed by atoms with Crippen molar-refractivity contribution in [1.29, 1.82) is 0 Å². The van der Waals surface area contributed by atoms with Crippen molar-refractivity contribution in [1.82, 2.24) is 10.2 Å². The standard InChI is InChI=1S/C25H32FN3O6S/c1-5-17(3)27-25(31)18(4)28(14-19-9-7-8-10-21(19)26)24(30)15-29(36(32,33)6-2)20-11-12-22-23(13-20)35-16-34-22/h7-13,17-18H,5-6,14-16H2,1-4H3,(H,27,31)/t17-,18+/m1/s1. The van der Waals surface area contributed by atoms with Gasteiger partial charge in [0.25, 0.3) is 0 Å². The van der Waals surface area contributed by atoms with E-state index in [9.17, 15) is 22.4 Å². The van der Waals surface area contributed by atoms with Crippen LogP contribution in [0.1, 0.15) is 39.7 Å². The van der Waals surface area contributed by atoms with E-state index in [1.165, 1.54) is 49.1 Å². The predicted octanol–water partition coefficient (Wildman–Crippen LogP) is 3.04. The van der Waals surface area contributed by atoms with Gasteiger partial charge in [-0.15, -0.1) is 0 Å². The number of carbonyl (C=O) groups is 2. The minimum absolute atomic E-state index is 0.0114. The summed E-state index contributed by atoms with van der Waals surface area (Å²) in [5.41, 5.74) is 0.430. The number of halogens is 1. The van der Waals surface area contributed by atoms with Crippen molar-refractivity contribution in [2.24, 2.45) is 0 Å². The summed E-state index contributed by atoms with van der Waals surface area (Å²) >= 11 is 0. The Morgan fingerprint density at radius 3 is 2.44 bits per heavy atom. The van der Waals surface area contributed by atoms with Crippen LogP contribution in [0.2, 0.25) is 0 Å². The Bertz CT molecular complexity index is 1210. The fourth-order valence-electron chi connectivity index (χ4n) is 3.62. The Labute approximate surface area is 211 Å². The average Bonchev–Trinajstić information content (AvgIpc) is 3.34. The zero-order valence-corrected chi connectivity index (χ0v) is 21.7.